The quantitative estimate of drug-likeness (QED) is 0.307. The smallest absolute Gasteiger partial charge is 0.309 e. The molecule has 1 atom stereocenters. The zero-order valence-corrected chi connectivity index (χ0v) is 15.1. The first-order chi connectivity index (χ1) is 10.8. The minimum absolute atomic E-state index is 0.0982. The van der Waals surface area contributed by atoms with Crippen LogP contribution in [0.15, 0.2) is 0 Å². The van der Waals surface area contributed by atoms with Crippen molar-refractivity contribution in [2.45, 2.75) is 116 Å². The van der Waals surface area contributed by atoms with Crippen LogP contribution in [0, 0.1) is 5.92 Å². The molecule has 0 radical (unpaired) electrons. The lowest BCUT2D eigenvalue weighted by Crippen LogP contribution is -2.26. The van der Waals surface area contributed by atoms with E-state index >= 15 is 0 Å². The maximum absolute atomic E-state index is 12.3. The van der Waals surface area contributed by atoms with Crippen molar-refractivity contribution in [3.05, 3.63) is 0 Å². The minimum atomic E-state index is 0.0982. The first-order valence-corrected chi connectivity index (χ1v) is 9.98. The Morgan fingerprint density at radius 2 is 1.50 bits per heavy atom. The number of carbonyl (C=O) groups is 1. The van der Waals surface area contributed by atoms with Crippen molar-refractivity contribution >= 4 is 5.97 Å². The van der Waals surface area contributed by atoms with Gasteiger partial charge in [-0.25, -0.2) is 0 Å². The van der Waals surface area contributed by atoms with Crippen molar-refractivity contribution in [2.24, 2.45) is 5.92 Å². The molecular formula is C20H38O2. The van der Waals surface area contributed by atoms with E-state index in [0.717, 1.165) is 32.1 Å². The number of carbonyl (C=O) groups excluding carboxylic acids is 1. The van der Waals surface area contributed by atoms with Gasteiger partial charge in [-0.3, -0.25) is 4.79 Å². The number of hydrogen-bond acceptors (Lipinski definition) is 2. The SMILES string of the molecule is CCCCCCCCCC(CCC)OC(=O)C1CCCCC1. The van der Waals surface area contributed by atoms with Crippen LogP contribution in [0.25, 0.3) is 0 Å². The molecule has 1 saturated carbocycles. The molecule has 22 heavy (non-hydrogen) atoms. The summed E-state index contributed by atoms with van der Waals surface area (Å²) in [5.41, 5.74) is 0. The third-order valence-corrected chi connectivity index (χ3v) is 4.96. The highest BCUT2D eigenvalue weighted by Gasteiger charge is 2.24. The van der Waals surface area contributed by atoms with Crippen LogP contribution in [-0.4, -0.2) is 12.1 Å². The van der Waals surface area contributed by atoms with Gasteiger partial charge >= 0.3 is 5.97 Å². The molecular weight excluding hydrogens is 272 g/mol. The Hall–Kier alpha value is -0.530. The fourth-order valence-corrected chi connectivity index (χ4v) is 3.51. The highest BCUT2D eigenvalue weighted by Crippen LogP contribution is 2.26. The normalized spacial score (nSPS) is 17.4. The second-order valence-corrected chi connectivity index (χ2v) is 7.09. The highest BCUT2D eigenvalue weighted by atomic mass is 16.5. The largest absolute Gasteiger partial charge is 0.462 e. The zero-order chi connectivity index (χ0) is 16.0. The molecule has 2 heteroatoms. The Labute approximate surface area is 138 Å². The van der Waals surface area contributed by atoms with Crippen LogP contribution in [0.5, 0.6) is 0 Å². The number of esters is 1. The summed E-state index contributed by atoms with van der Waals surface area (Å²) >= 11 is 0. The number of hydrogen-bond donors (Lipinski definition) is 0. The Kier molecular flexibility index (Phi) is 11.5. The minimum Gasteiger partial charge on any atom is -0.462 e. The third kappa shape index (κ3) is 8.80. The molecule has 0 spiro atoms. The summed E-state index contributed by atoms with van der Waals surface area (Å²) in [7, 11) is 0. The first-order valence-electron chi connectivity index (χ1n) is 9.98. The molecule has 0 aromatic rings. The first kappa shape index (κ1) is 19.5. The Morgan fingerprint density at radius 3 is 2.14 bits per heavy atom. The summed E-state index contributed by atoms with van der Waals surface area (Å²) in [6, 6.07) is 0. The molecule has 0 aliphatic heterocycles. The molecule has 0 saturated heterocycles. The van der Waals surface area contributed by atoms with Crippen LogP contribution < -0.4 is 0 Å². The molecule has 1 rings (SSSR count). The van der Waals surface area contributed by atoms with E-state index in [1.54, 1.807) is 0 Å². The third-order valence-electron chi connectivity index (χ3n) is 4.96. The number of ether oxygens (including phenoxy) is 1. The molecule has 0 bridgehead atoms. The van der Waals surface area contributed by atoms with E-state index < -0.39 is 0 Å². The molecule has 0 aromatic carbocycles. The highest BCUT2D eigenvalue weighted by molar-refractivity contribution is 5.72. The number of rotatable bonds is 12. The van der Waals surface area contributed by atoms with E-state index in [-0.39, 0.29) is 18.0 Å². The lowest BCUT2D eigenvalue weighted by atomic mass is 9.89. The Morgan fingerprint density at radius 1 is 0.864 bits per heavy atom. The molecule has 2 nitrogen and oxygen atoms in total. The standard InChI is InChI=1S/C20H38O2/c1-3-5-6-7-8-9-13-17-19(14-4-2)22-20(21)18-15-11-10-12-16-18/h18-19H,3-17H2,1-2H3. The summed E-state index contributed by atoms with van der Waals surface area (Å²) in [6.45, 7) is 4.45. The Balaban J connectivity index is 2.16. The van der Waals surface area contributed by atoms with Crippen molar-refractivity contribution in [3.63, 3.8) is 0 Å². The molecule has 0 aromatic heterocycles. The van der Waals surface area contributed by atoms with Gasteiger partial charge in [-0.1, -0.05) is 78.1 Å². The van der Waals surface area contributed by atoms with Gasteiger partial charge in [-0.2, -0.15) is 0 Å². The van der Waals surface area contributed by atoms with Gasteiger partial charge < -0.3 is 4.74 Å². The topological polar surface area (TPSA) is 26.3 Å². The maximum atomic E-state index is 12.3. The summed E-state index contributed by atoms with van der Waals surface area (Å²) < 4.78 is 5.84. The van der Waals surface area contributed by atoms with Gasteiger partial charge in [0.25, 0.3) is 0 Å². The van der Waals surface area contributed by atoms with E-state index in [4.69, 9.17) is 4.74 Å². The number of unbranched alkanes of at least 4 members (excludes halogenated alkanes) is 6. The fourth-order valence-electron chi connectivity index (χ4n) is 3.51. The van der Waals surface area contributed by atoms with Crippen molar-refractivity contribution in [1.82, 2.24) is 0 Å². The van der Waals surface area contributed by atoms with Crippen molar-refractivity contribution in [3.8, 4) is 0 Å². The predicted octanol–water partition coefficient (Wildman–Crippen LogP) is 6.42. The molecule has 0 N–H and O–H groups in total. The van der Waals surface area contributed by atoms with Gasteiger partial charge in [-0.15, -0.1) is 0 Å². The van der Waals surface area contributed by atoms with Crippen LogP contribution in [0.3, 0.4) is 0 Å². The summed E-state index contributed by atoms with van der Waals surface area (Å²) in [5.74, 6) is 0.295. The van der Waals surface area contributed by atoms with Crippen molar-refractivity contribution in [2.75, 3.05) is 0 Å². The van der Waals surface area contributed by atoms with E-state index in [0.29, 0.717) is 0 Å². The van der Waals surface area contributed by atoms with Gasteiger partial charge in [0.2, 0.25) is 0 Å². The molecule has 1 fully saturated rings. The monoisotopic (exact) mass is 310 g/mol. The van der Waals surface area contributed by atoms with Crippen LogP contribution in [-0.2, 0) is 9.53 Å². The van der Waals surface area contributed by atoms with E-state index in [1.807, 2.05) is 0 Å². The van der Waals surface area contributed by atoms with Crippen molar-refractivity contribution in [1.29, 1.82) is 0 Å². The van der Waals surface area contributed by atoms with Gasteiger partial charge in [0.15, 0.2) is 0 Å². The fraction of sp³-hybridized carbons (Fsp3) is 0.950. The Bertz CT molecular complexity index is 269. The lowest BCUT2D eigenvalue weighted by molar-refractivity contribution is -0.156. The van der Waals surface area contributed by atoms with Crippen LogP contribution in [0.2, 0.25) is 0 Å². The second kappa shape index (κ2) is 13.0. The zero-order valence-electron chi connectivity index (χ0n) is 15.1. The summed E-state index contributed by atoms with van der Waals surface area (Å²) in [5, 5.41) is 0. The van der Waals surface area contributed by atoms with E-state index in [9.17, 15) is 4.79 Å². The maximum Gasteiger partial charge on any atom is 0.309 e. The van der Waals surface area contributed by atoms with Crippen LogP contribution >= 0.6 is 0 Å². The average Bonchev–Trinajstić information content (AvgIpc) is 2.55. The van der Waals surface area contributed by atoms with Gasteiger partial charge in [0, 0.05) is 0 Å². The second-order valence-electron chi connectivity index (χ2n) is 7.09. The van der Waals surface area contributed by atoms with Crippen molar-refractivity contribution < 1.29 is 9.53 Å². The average molecular weight is 311 g/mol. The molecule has 130 valence electrons. The van der Waals surface area contributed by atoms with Crippen LogP contribution in [0.1, 0.15) is 110 Å². The van der Waals surface area contributed by atoms with Gasteiger partial charge in [-0.05, 0) is 32.1 Å². The predicted molar refractivity (Wildman–Crippen MR) is 94.0 cm³/mol. The van der Waals surface area contributed by atoms with Crippen LogP contribution in [0.4, 0.5) is 0 Å². The van der Waals surface area contributed by atoms with Gasteiger partial charge in [0.1, 0.15) is 6.10 Å². The summed E-state index contributed by atoms with van der Waals surface area (Å²) in [4.78, 5) is 12.3. The van der Waals surface area contributed by atoms with E-state index in [1.165, 1.54) is 64.2 Å². The molecule has 0 amide bonds. The van der Waals surface area contributed by atoms with Gasteiger partial charge in [0.05, 0.1) is 5.92 Å². The molecule has 1 unspecified atom stereocenters. The lowest BCUT2D eigenvalue weighted by Gasteiger charge is -2.24. The summed E-state index contributed by atoms with van der Waals surface area (Å²) in [6.07, 6.45) is 18.5. The molecule has 0 heterocycles. The molecule has 1 aliphatic rings. The molecule has 1 aliphatic carbocycles. The van der Waals surface area contributed by atoms with E-state index in [2.05, 4.69) is 13.8 Å².